The van der Waals surface area contributed by atoms with Crippen molar-refractivity contribution >= 4 is 11.5 Å². The third-order valence-corrected chi connectivity index (χ3v) is 4.98. The molecule has 0 unspecified atom stereocenters. The average Bonchev–Trinajstić information content (AvgIpc) is 3.22. The molecule has 1 N–H and O–H groups in total. The summed E-state index contributed by atoms with van der Waals surface area (Å²) in [7, 11) is 0. The first kappa shape index (κ1) is 20.7. The standard InChI is InChI=1S/C23H20F3N3O2/c24-23(25,26)18-6-9-20-17(3-1-12-31-21(20)14-18)13-22(30)27-15-16-4-7-19(8-5-16)29-11-2-10-28-29/h2,4-11,13-14H,1,3,12,15H2,(H,27,30). The highest BCUT2D eigenvalue weighted by Crippen LogP contribution is 2.38. The maximum Gasteiger partial charge on any atom is 0.416 e. The Hall–Kier alpha value is -3.55. The average molecular weight is 427 g/mol. The minimum absolute atomic E-state index is 0.153. The van der Waals surface area contributed by atoms with Gasteiger partial charge in [-0.2, -0.15) is 18.3 Å². The number of rotatable bonds is 4. The number of nitrogens with zero attached hydrogens (tertiary/aromatic N) is 2. The number of fused-ring (bicyclic) bond motifs is 1. The minimum Gasteiger partial charge on any atom is -0.493 e. The normalized spacial score (nSPS) is 15.1. The Morgan fingerprint density at radius 1 is 1.19 bits per heavy atom. The summed E-state index contributed by atoms with van der Waals surface area (Å²) in [5, 5.41) is 7.00. The lowest BCUT2D eigenvalue weighted by atomic mass is 9.99. The van der Waals surface area contributed by atoms with Crippen molar-refractivity contribution in [1.82, 2.24) is 15.1 Å². The highest BCUT2D eigenvalue weighted by Gasteiger charge is 2.32. The number of carbonyl (C=O) groups excluding carboxylic acids is 1. The van der Waals surface area contributed by atoms with Gasteiger partial charge in [-0.05, 0) is 54.3 Å². The highest BCUT2D eigenvalue weighted by atomic mass is 19.4. The van der Waals surface area contributed by atoms with E-state index in [2.05, 4.69) is 10.4 Å². The fourth-order valence-electron chi connectivity index (χ4n) is 3.40. The number of benzene rings is 2. The largest absolute Gasteiger partial charge is 0.493 e. The van der Waals surface area contributed by atoms with Gasteiger partial charge in [-0.25, -0.2) is 4.68 Å². The van der Waals surface area contributed by atoms with E-state index in [0.717, 1.165) is 23.4 Å². The second-order valence-electron chi connectivity index (χ2n) is 7.17. The van der Waals surface area contributed by atoms with Gasteiger partial charge in [-0.3, -0.25) is 4.79 Å². The van der Waals surface area contributed by atoms with E-state index in [4.69, 9.17) is 4.74 Å². The Kier molecular flexibility index (Phi) is 5.79. The van der Waals surface area contributed by atoms with Crippen LogP contribution in [0.2, 0.25) is 0 Å². The lowest BCUT2D eigenvalue weighted by molar-refractivity contribution is -0.137. The predicted octanol–water partition coefficient (Wildman–Crippen LogP) is 4.76. The molecule has 0 aliphatic carbocycles. The zero-order valence-corrected chi connectivity index (χ0v) is 16.5. The van der Waals surface area contributed by atoms with Crippen molar-refractivity contribution in [1.29, 1.82) is 0 Å². The summed E-state index contributed by atoms with van der Waals surface area (Å²) in [4.78, 5) is 12.5. The smallest absolute Gasteiger partial charge is 0.416 e. The molecule has 4 rings (SSSR count). The van der Waals surface area contributed by atoms with Crippen molar-refractivity contribution in [2.45, 2.75) is 25.6 Å². The molecule has 1 aliphatic heterocycles. The molecule has 3 aromatic rings. The SMILES string of the molecule is O=C(C=C1CCCOc2cc(C(F)(F)F)ccc21)NCc1ccc(-n2cccn2)cc1. The van der Waals surface area contributed by atoms with Crippen LogP contribution >= 0.6 is 0 Å². The molecule has 2 aromatic carbocycles. The zero-order valence-electron chi connectivity index (χ0n) is 16.5. The van der Waals surface area contributed by atoms with Crippen molar-refractivity contribution in [3.05, 3.63) is 83.7 Å². The Morgan fingerprint density at radius 2 is 2.00 bits per heavy atom. The Bertz CT molecular complexity index is 1090. The predicted molar refractivity (Wildman–Crippen MR) is 110 cm³/mol. The molecule has 5 nitrogen and oxygen atoms in total. The molecule has 31 heavy (non-hydrogen) atoms. The second-order valence-corrected chi connectivity index (χ2v) is 7.17. The number of alkyl halides is 3. The molecule has 0 bridgehead atoms. The minimum atomic E-state index is -4.45. The van der Waals surface area contributed by atoms with Crippen LogP contribution in [-0.2, 0) is 17.5 Å². The Labute approximate surface area is 177 Å². The molecule has 0 spiro atoms. The maximum absolute atomic E-state index is 13.0. The lowest BCUT2D eigenvalue weighted by Gasteiger charge is -2.13. The summed E-state index contributed by atoms with van der Waals surface area (Å²) in [6.07, 6.45) is 1.70. The lowest BCUT2D eigenvalue weighted by Crippen LogP contribution is -2.20. The Morgan fingerprint density at radius 3 is 2.71 bits per heavy atom. The van der Waals surface area contributed by atoms with Crippen LogP contribution in [0.5, 0.6) is 5.75 Å². The van der Waals surface area contributed by atoms with E-state index in [1.165, 1.54) is 12.1 Å². The maximum atomic E-state index is 13.0. The van der Waals surface area contributed by atoms with Gasteiger partial charge in [0.15, 0.2) is 0 Å². The van der Waals surface area contributed by atoms with Crippen LogP contribution in [0.3, 0.4) is 0 Å². The first-order chi connectivity index (χ1) is 14.9. The molecule has 2 heterocycles. The van der Waals surface area contributed by atoms with Crippen molar-refractivity contribution in [2.24, 2.45) is 0 Å². The number of hydrogen-bond donors (Lipinski definition) is 1. The fourth-order valence-corrected chi connectivity index (χ4v) is 3.40. The summed E-state index contributed by atoms with van der Waals surface area (Å²) < 4.78 is 46.2. The molecule has 1 aromatic heterocycles. The van der Waals surface area contributed by atoms with E-state index in [1.54, 1.807) is 10.9 Å². The summed E-state index contributed by atoms with van der Waals surface area (Å²) in [6.45, 7) is 0.633. The van der Waals surface area contributed by atoms with E-state index in [1.807, 2.05) is 36.5 Å². The number of ether oxygens (including phenoxy) is 1. The van der Waals surface area contributed by atoms with Crippen molar-refractivity contribution < 1.29 is 22.7 Å². The quantitative estimate of drug-likeness (QED) is 0.611. The van der Waals surface area contributed by atoms with Crippen molar-refractivity contribution in [3.63, 3.8) is 0 Å². The molecule has 0 radical (unpaired) electrons. The van der Waals surface area contributed by atoms with Gasteiger partial charge in [0.25, 0.3) is 0 Å². The topological polar surface area (TPSA) is 56.1 Å². The second kappa shape index (κ2) is 8.67. The molecule has 0 fully saturated rings. The van der Waals surface area contributed by atoms with Gasteiger partial charge in [0, 0.05) is 30.6 Å². The number of carbonyl (C=O) groups is 1. The molecule has 0 atom stereocenters. The van der Waals surface area contributed by atoms with Crippen LogP contribution in [0.4, 0.5) is 13.2 Å². The van der Waals surface area contributed by atoms with Crippen molar-refractivity contribution in [2.75, 3.05) is 6.61 Å². The molecular weight excluding hydrogens is 407 g/mol. The summed E-state index contributed by atoms with van der Waals surface area (Å²) in [5.41, 5.74) is 2.24. The van der Waals surface area contributed by atoms with Crippen LogP contribution in [0.25, 0.3) is 11.3 Å². The van der Waals surface area contributed by atoms with E-state index in [0.29, 0.717) is 37.1 Å². The third kappa shape index (κ3) is 4.96. The number of amides is 1. The first-order valence-corrected chi connectivity index (χ1v) is 9.82. The van der Waals surface area contributed by atoms with E-state index < -0.39 is 11.7 Å². The number of halogens is 3. The van der Waals surface area contributed by atoms with Gasteiger partial charge in [-0.15, -0.1) is 0 Å². The zero-order chi connectivity index (χ0) is 21.8. The van der Waals surface area contributed by atoms with Gasteiger partial charge >= 0.3 is 6.18 Å². The first-order valence-electron chi connectivity index (χ1n) is 9.82. The number of hydrogen-bond acceptors (Lipinski definition) is 3. The van der Waals surface area contributed by atoms with Crippen LogP contribution < -0.4 is 10.1 Å². The van der Waals surface area contributed by atoms with Crippen LogP contribution in [0, 0.1) is 0 Å². The summed E-state index contributed by atoms with van der Waals surface area (Å²) in [5.74, 6) is -0.153. The fraction of sp³-hybridized carbons (Fsp3) is 0.217. The molecule has 160 valence electrons. The van der Waals surface area contributed by atoms with Crippen LogP contribution in [0.15, 0.2) is 67.0 Å². The van der Waals surface area contributed by atoms with Gasteiger partial charge in [-0.1, -0.05) is 18.2 Å². The molecular formula is C23H20F3N3O2. The van der Waals surface area contributed by atoms with Gasteiger partial charge in [0.1, 0.15) is 5.75 Å². The number of nitrogens with one attached hydrogen (secondary N) is 1. The third-order valence-electron chi connectivity index (χ3n) is 4.98. The molecule has 0 saturated heterocycles. The van der Waals surface area contributed by atoms with E-state index in [-0.39, 0.29) is 11.7 Å². The monoisotopic (exact) mass is 427 g/mol. The van der Waals surface area contributed by atoms with E-state index in [9.17, 15) is 18.0 Å². The number of allylic oxidation sites excluding steroid dienone is 1. The Balaban J connectivity index is 1.45. The van der Waals surface area contributed by atoms with Gasteiger partial charge in [0.2, 0.25) is 5.91 Å². The molecule has 8 heteroatoms. The van der Waals surface area contributed by atoms with Crippen molar-refractivity contribution in [3.8, 4) is 11.4 Å². The molecule has 1 amide bonds. The number of aromatic nitrogens is 2. The van der Waals surface area contributed by atoms with E-state index >= 15 is 0 Å². The van der Waals surface area contributed by atoms with Crippen LogP contribution in [-0.4, -0.2) is 22.3 Å². The highest BCUT2D eigenvalue weighted by molar-refractivity contribution is 5.96. The molecule has 0 saturated carbocycles. The van der Waals surface area contributed by atoms with Gasteiger partial charge < -0.3 is 10.1 Å². The molecule has 1 aliphatic rings. The van der Waals surface area contributed by atoms with Gasteiger partial charge in [0.05, 0.1) is 17.9 Å². The summed E-state index contributed by atoms with van der Waals surface area (Å²) in [6, 6.07) is 12.8. The summed E-state index contributed by atoms with van der Waals surface area (Å²) >= 11 is 0. The van der Waals surface area contributed by atoms with Crippen LogP contribution in [0.1, 0.15) is 29.5 Å².